The zero-order valence-corrected chi connectivity index (χ0v) is 39.1. The largest absolute Gasteiger partial charge is 0.490 e. The van der Waals surface area contributed by atoms with E-state index in [2.05, 4.69) is 43.6 Å². The number of ether oxygens (including phenoxy) is 3. The summed E-state index contributed by atoms with van der Waals surface area (Å²) in [5.41, 5.74) is 3.71. The number of benzene rings is 3. The Morgan fingerprint density at radius 1 is 0.575 bits per heavy atom. The number of aryl methyl sites for hydroxylation is 1. The number of carbonyl (C=O) groups excluding carboxylic acids is 1. The number of aromatic nitrogens is 4. The summed E-state index contributed by atoms with van der Waals surface area (Å²) in [5, 5.41) is 61.5. The lowest BCUT2D eigenvalue weighted by molar-refractivity contribution is -0.385. The second kappa shape index (κ2) is 30.5. The van der Waals surface area contributed by atoms with Crippen molar-refractivity contribution in [2.45, 2.75) is 6.92 Å². The van der Waals surface area contributed by atoms with E-state index in [-0.39, 0.29) is 54.1 Å². The number of aromatic amines is 1. The van der Waals surface area contributed by atoms with E-state index in [9.17, 15) is 55.4 Å². The fraction of sp³-hybridized carbons (Fsp3) is 0.102. The molecule has 0 spiro atoms. The van der Waals surface area contributed by atoms with E-state index in [1.54, 1.807) is 49.7 Å². The van der Waals surface area contributed by atoms with E-state index in [0.29, 0.717) is 23.0 Å². The Morgan fingerprint density at radius 2 is 1.03 bits per heavy atom. The molecule has 0 aliphatic heterocycles. The summed E-state index contributed by atoms with van der Waals surface area (Å²) in [6.07, 6.45) is 21.8. The minimum absolute atomic E-state index is 0. The molecule has 24 heteroatoms. The van der Waals surface area contributed by atoms with Gasteiger partial charge in [-0.05, 0) is 96.8 Å². The van der Waals surface area contributed by atoms with Crippen molar-refractivity contribution in [1.29, 1.82) is 0 Å². The molecule has 0 saturated heterocycles. The number of terminal acetylenes is 2. The van der Waals surface area contributed by atoms with Gasteiger partial charge in [-0.15, -0.1) is 12.8 Å². The maximum atomic E-state index is 11.0. The van der Waals surface area contributed by atoms with Crippen LogP contribution >= 0.6 is 0 Å². The number of carbonyl (C=O) groups is 1. The van der Waals surface area contributed by atoms with Gasteiger partial charge in [0.2, 0.25) is 0 Å². The normalized spacial score (nSPS) is 9.37. The van der Waals surface area contributed by atoms with Gasteiger partial charge < -0.3 is 24.3 Å². The zero-order valence-electron chi connectivity index (χ0n) is 39.1. The Balaban J connectivity index is 0.000000950. The molecule has 24 nitrogen and oxygen atoms in total. The average Bonchev–Trinajstić information content (AvgIpc) is 3.85. The fourth-order valence-electron chi connectivity index (χ4n) is 5.60. The molecule has 4 heterocycles. The highest BCUT2D eigenvalue weighted by Crippen LogP contribution is 2.33. The van der Waals surface area contributed by atoms with Crippen LogP contribution in [-0.2, 0) is 0 Å². The first-order chi connectivity index (χ1) is 35.0. The third-order valence-electron chi connectivity index (χ3n) is 8.95. The molecule has 0 saturated carbocycles. The molecule has 0 amide bonds. The number of hydrogen-bond acceptors (Lipinski definition) is 18. The SMILES string of the molecule is C#CC#CC#C.CO.COc1ccc(-c2cc3ccncc3[nH]2)cc1[N+](=O)[O-].COc1ccc(C=Cc2ccncc2[N+](=O)[O-])cc1[N+](=O)[O-].COc1ccc(C=O)cc1[N+](=O)[O-].Cc1ccncc1[N+](=O)[O-].[HH].[HH]. The number of H-pyrrole nitrogens is 1. The lowest BCUT2D eigenvalue weighted by Crippen LogP contribution is -1.94. The van der Waals surface area contributed by atoms with Gasteiger partial charge in [-0.2, -0.15) is 0 Å². The van der Waals surface area contributed by atoms with Crippen LogP contribution < -0.4 is 14.2 Å². The Hall–Kier alpha value is -10.9. The Kier molecular flexibility index (Phi) is 24.3. The molecule has 0 radical (unpaired) electrons. The van der Waals surface area contributed by atoms with Crippen molar-refractivity contribution in [2.75, 3.05) is 28.4 Å². The number of aliphatic hydroxyl groups excluding tert-OH is 1. The number of aldehydes is 1. The standard InChI is InChI=1S/C14H11N3O5.C14H11N3O3.C8H7NO4.C6H6N2O2.C6H2.CH4O.2H2/c1-22-14-5-3-10(8-12(14)16(18)19)2-4-11-6-7-15-9-13(11)17(20)21;1-20-14-3-2-9(7-13(14)17(18)19)11-6-10-4-5-15-8-12(10)16-11;1-13-8-3-2-6(5-10)4-7(8)9(11)12;1-5-2-3-7-4-6(5)8(9)10;1-3-5-6-4-2;1-2;;/h2-9H,1H3;2-8,16H,1H3;2-5H,1H3;2-4H,1H3;1-2H;2H,1H3;2*1H. The summed E-state index contributed by atoms with van der Waals surface area (Å²) in [5.74, 6) is 9.15. The van der Waals surface area contributed by atoms with Crippen molar-refractivity contribution in [2.24, 2.45) is 0 Å². The summed E-state index contributed by atoms with van der Waals surface area (Å²) in [7, 11) is 5.09. The fourth-order valence-corrected chi connectivity index (χ4v) is 5.60. The quantitative estimate of drug-likeness (QED) is 0.0498. The van der Waals surface area contributed by atoms with E-state index < -0.39 is 24.6 Å². The molecule has 7 rings (SSSR count). The average molecular weight is 1000 g/mol. The van der Waals surface area contributed by atoms with Gasteiger partial charge in [0.05, 0.1) is 63.2 Å². The summed E-state index contributed by atoms with van der Waals surface area (Å²) < 4.78 is 14.7. The van der Waals surface area contributed by atoms with Crippen LogP contribution in [0.1, 0.15) is 29.9 Å². The Bertz CT molecular complexity index is 3220. The second-order valence-corrected chi connectivity index (χ2v) is 13.3. The van der Waals surface area contributed by atoms with Gasteiger partial charge in [-0.3, -0.25) is 70.3 Å². The van der Waals surface area contributed by atoms with Crippen molar-refractivity contribution in [1.82, 2.24) is 19.9 Å². The highest BCUT2D eigenvalue weighted by molar-refractivity contribution is 5.85. The lowest BCUT2D eigenvalue weighted by Gasteiger charge is -2.03. The highest BCUT2D eigenvalue weighted by Gasteiger charge is 2.18. The number of fused-ring (bicyclic) bond motifs is 1. The maximum absolute atomic E-state index is 11.0. The smallest absolute Gasteiger partial charge is 0.311 e. The molecule has 0 fully saturated rings. The molecule has 3 aromatic carbocycles. The predicted molar refractivity (Wildman–Crippen MR) is 273 cm³/mol. The summed E-state index contributed by atoms with van der Waals surface area (Å²) in [6.45, 7) is 1.68. The number of rotatable bonds is 12. The lowest BCUT2D eigenvalue weighted by atomic mass is 10.1. The molecule has 0 unspecified atom stereocenters. The van der Waals surface area contributed by atoms with Crippen LogP contribution in [0, 0.1) is 94.0 Å². The van der Waals surface area contributed by atoms with Crippen molar-refractivity contribution in [3.63, 3.8) is 0 Å². The molecule has 73 heavy (non-hydrogen) atoms. The summed E-state index contributed by atoms with van der Waals surface area (Å²) >= 11 is 0. The molecule has 4 aromatic heterocycles. The topological polar surface area (TPSA) is 335 Å². The third kappa shape index (κ3) is 17.9. The van der Waals surface area contributed by atoms with Gasteiger partial charge in [-0.25, -0.2) is 0 Å². The maximum Gasteiger partial charge on any atom is 0.311 e. The van der Waals surface area contributed by atoms with Gasteiger partial charge in [0.1, 0.15) is 18.7 Å². The zero-order chi connectivity index (χ0) is 54.5. The highest BCUT2D eigenvalue weighted by atomic mass is 16.6. The van der Waals surface area contributed by atoms with Gasteiger partial charge in [0.15, 0.2) is 17.2 Å². The molecular formula is C49H45N9O15. The van der Waals surface area contributed by atoms with E-state index in [1.165, 1.54) is 88.5 Å². The number of aliphatic hydroxyl groups is 1. The first-order valence-corrected chi connectivity index (χ1v) is 20.1. The van der Waals surface area contributed by atoms with E-state index in [4.69, 9.17) is 32.2 Å². The minimum atomic E-state index is -0.591. The first-order valence-electron chi connectivity index (χ1n) is 20.1. The van der Waals surface area contributed by atoms with Crippen molar-refractivity contribution in [3.8, 4) is 65.0 Å². The van der Waals surface area contributed by atoms with Crippen molar-refractivity contribution in [3.05, 3.63) is 189 Å². The molecule has 0 bridgehead atoms. The first kappa shape index (κ1) is 58.2. The van der Waals surface area contributed by atoms with Crippen LogP contribution in [0.3, 0.4) is 0 Å². The number of nitrogens with one attached hydrogen (secondary N) is 1. The number of nitrogens with zero attached hydrogens (tertiary/aromatic N) is 8. The number of pyridine rings is 3. The van der Waals surface area contributed by atoms with Crippen LogP contribution in [0.15, 0.2) is 116 Å². The third-order valence-corrected chi connectivity index (χ3v) is 8.95. The monoisotopic (exact) mass is 999 g/mol. The Morgan fingerprint density at radius 3 is 1.49 bits per heavy atom. The molecule has 2 N–H and O–H groups in total. The molecule has 7 aromatic rings. The van der Waals surface area contributed by atoms with Crippen LogP contribution in [0.5, 0.6) is 17.2 Å². The van der Waals surface area contributed by atoms with Crippen molar-refractivity contribution < 1.29 is 51.6 Å². The number of nitro benzene ring substituents is 3. The van der Waals surface area contributed by atoms with Gasteiger partial charge in [0.25, 0.3) is 11.4 Å². The van der Waals surface area contributed by atoms with Crippen LogP contribution in [-0.4, -0.2) is 84.4 Å². The van der Waals surface area contributed by atoms with Crippen LogP contribution in [0.25, 0.3) is 34.3 Å². The van der Waals surface area contributed by atoms with Gasteiger partial charge in [0, 0.05) is 74.5 Å². The van der Waals surface area contributed by atoms with Gasteiger partial charge in [-0.1, -0.05) is 12.1 Å². The Labute approximate surface area is 417 Å². The second-order valence-electron chi connectivity index (χ2n) is 13.3. The molecule has 376 valence electrons. The van der Waals surface area contributed by atoms with Crippen LogP contribution in [0.4, 0.5) is 28.4 Å². The van der Waals surface area contributed by atoms with E-state index in [1.807, 2.05) is 12.1 Å². The predicted octanol–water partition coefficient (Wildman–Crippen LogP) is 9.29. The van der Waals surface area contributed by atoms with Crippen LogP contribution in [0.2, 0.25) is 0 Å². The number of methoxy groups -OCH3 is 3. The molecule has 0 aliphatic carbocycles. The van der Waals surface area contributed by atoms with Crippen molar-refractivity contribution >= 4 is 57.8 Å². The molecular weight excluding hydrogens is 955 g/mol. The minimum Gasteiger partial charge on any atom is -0.490 e. The summed E-state index contributed by atoms with van der Waals surface area (Å²) in [4.78, 5) is 75.8. The summed E-state index contributed by atoms with van der Waals surface area (Å²) in [6, 6.07) is 20.2. The van der Waals surface area contributed by atoms with E-state index in [0.717, 1.165) is 35.5 Å². The number of nitro groups is 5. The molecule has 0 aliphatic rings. The van der Waals surface area contributed by atoms with E-state index >= 15 is 0 Å². The molecule has 0 atom stereocenters. The number of hydrogen-bond donors (Lipinski definition) is 2. The van der Waals surface area contributed by atoms with Gasteiger partial charge >= 0.3 is 17.1 Å².